The van der Waals surface area contributed by atoms with Crippen molar-refractivity contribution in [2.24, 2.45) is 0 Å². The summed E-state index contributed by atoms with van der Waals surface area (Å²) >= 11 is 0. The van der Waals surface area contributed by atoms with Crippen molar-refractivity contribution < 1.29 is 22.9 Å². The summed E-state index contributed by atoms with van der Waals surface area (Å²) in [5.41, 5.74) is -0.655. The maximum absolute atomic E-state index is 10.7. The van der Waals surface area contributed by atoms with Gasteiger partial charge in [-0.3, -0.25) is 4.55 Å². The normalized spacial score (nSPS) is 10.5. The van der Waals surface area contributed by atoms with E-state index in [1.807, 2.05) is 0 Å². The van der Waals surface area contributed by atoms with Crippen LogP contribution in [0.3, 0.4) is 0 Å². The predicted molar refractivity (Wildman–Crippen MR) is 50.8 cm³/mol. The second kappa shape index (κ2) is 4.51. The molecule has 1 aromatic rings. The lowest BCUT2D eigenvalue weighted by Crippen LogP contribution is -2.12. The van der Waals surface area contributed by atoms with Crippen LogP contribution < -0.4 is 0 Å². The van der Waals surface area contributed by atoms with Crippen LogP contribution >= 0.6 is 12.4 Å². The van der Waals surface area contributed by atoms with Crippen LogP contribution in [0.4, 0.5) is 0 Å². The molecule has 9 heteroatoms. The van der Waals surface area contributed by atoms with Crippen LogP contribution in [0.25, 0.3) is 0 Å². The Kier molecular flexibility index (Phi) is 4.14. The third-order valence-corrected chi connectivity index (χ3v) is 2.15. The van der Waals surface area contributed by atoms with Gasteiger partial charge in [-0.15, -0.1) is 12.4 Å². The Labute approximate surface area is 91.3 Å². The van der Waals surface area contributed by atoms with E-state index >= 15 is 0 Å². The van der Waals surface area contributed by atoms with Crippen LogP contribution in [0.2, 0.25) is 0 Å². The standard InChI is InChI=1S/C6H6N2O5S.ClH/c1-3-7-2-4(6(9)10)5(8-3)14(11,12)13;/h2H,1H3,(H,9,10)(H,11,12,13);1H. The zero-order valence-corrected chi connectivity index (χ0v) is 9.04. The SMILES string of the molecule is Cc1ncc(C(=O)O)c(S(=O)(=O)O)n1.Cl. The van der Waals surface area contributed by atoms with Gasteiger partial charge in [0.2, 0.25) is 0 Å². The van der Waals surface area contributed by atoms with Crippen LogP contribution in [0.1, 0.15) is 16.2 Å². The fraction of sp³-hybridized carbons (Fsp3) is 0.167. The number of aromatic nitrogens is 2. The topological polar surface area (TPSA) is 117 Å². The molecule has 0 amide bonds. The molecule has 1 aromatic heterocycles. The minimum Gasteiger partial charge on any atom is -0.478 e. The van der Waals surface area contributed by atoms with Gasteiger partial charge in [0.1, 0.15) is 11.4 Å². The highest BCUT2D eigenvalue weighted by Crippen LogP contribution is 2.11. The van der Waals surface area contributed by atoms with Gasteiger partial charge in [-0.25, -0.2) is 14.8 Å². The lowest BCUT2D eigenvalue weighted by Gasteiger charge is -2.01. The number of carboxylic acid groups (broad SMARTS) is 1. The van der Waals surface area contributed by atoms with E-state index < -0.39 is 26.7 Å². The smallest absolute Gasteiger partial charge is 0.340 e. The van der Waals surface area contributed by atoms with Crippen molar-refractivity contribution in [3.63, 3.8) is 0 Å². The summed E-state index contributed by atoms with van der Waals surface area (Å²) in [4.78, 5) is 17.4. The highest BCUT2D eigenvalue weighted by Gasteiger charge is 2.22. The summed E-state index contributed by atoms with van der Waals surface area (Å²) in [5, 5.41) is 7.67. The molecule has 0 saturated carbocycles. The Morgan fingerprint density at radius 3 is 2.40 bits per heavy atom. The number of nitrogens with zero attached hydrogens (tertiary/aromatic N) is 2. The molecule has 0 aliphatic carbocycles. The minimum absolute atomic E-state index is 0. The zero-order chi connectivity index (χ0) is 10.9. The van der Waals surface area contributed by atoms with Gasteiger partial charge >= 0.3 is 16.1 Å². The molecule has 84 valence electrons. The number of aryl methyl sites for hydroxylation is 1. The Hall–Kier alpha value is -1.25. The molecule has 0 bridgehead atoms. The molecule has 7 nitrogen and oxygen atoms in total. The van der Waals surface area contributed by atoms with E-state index in [-0.39, 0.29) is 18.2 Å². The van der Waals surface area contributed by atoms with Crippen LogP contribution in [-0.4, -0.2) is 34.0 Å². The first-order chi connectivity index (χ1) is 6.32. The maximum Gasteiger partial charge on any atom is 0.340 e. The summed E-state index contributed by atoms with van der Waals surface area (Å²) in [7, 11) is -4.63. The van der Waals surface area contributed by atoms with Gasteiger partial charge < -0.3 is 5.11 Å². The number of aromatic carboxylic acids is 1. The summed E-state index contributed by atoms with van der Waals surface area (Å²) in [5.74, 6) is -1.46. The largest absolute Gasteiger partial charge is 0.478 e. The van der Waals surface area contributed by atoms with Crippen molar-refractivity contribution in [3.8, 4) is 0 Å². The first-order valence-corrected chi connectivity index (χ1v) is 4.81. The van der Waals surface area contributed by atoms with E-state index in [9.17, 15) is 13.2 Å². The molecular weight excluding hydrogens is 248 g/mol. The molecule has 0 aliphatic rings. The molecule has 0 spiro atoms. The van der Waals surface area contributed by atoms with Gasteiger partial charge in [-0.05, 0) is 6.92 Å². The molecule has 1 rings (SSSR count). The molecule has 0 atom stereocenters. The molecule has 0 saturated heterocycles. The van der Waals surface area contributed by atoms with Gasteiger partial charge in [0.25, 0.3) is 0 Å². The quantitative estimate of drug-likeness (QED) is 0.570. The van der Waals surface area contributed by atoms with Crippen molar-refractivity contribution in [1.82, 2.24) is 9.97 Å². The Morgan fingerprint density at radius 2 is 2.00 bits per heavy atom. The second-order valence-electron chi connectivity index (χ2n) is 2.42. The highest BCUT2D eigenvalue weighted by molar-refractivity contribution is 7.85. The molecule has 1 heterocycles. The van der Waals surface area contributed by atoms with Crippen molar-refractivity contribution in [2.75, 3.05) is 0 Å². The predicted octanol–water partition coefficient (Wildman–Crippen LogP) is 0.152. The van der Waals surface area contributed by atoms with E-state index in [1.165, 1.54) is 6.92 Å². The number of halogens is 1. The molecule has 0 unspecified atom stereocenters. The monoisotopic (exact) mass is 254 g/mol. The molecule has 0 radical (unpaired) electrons. The summed E-state index contributed by atoms with van der Waals surface area (Å²) in [6.45, 7) is 1.38. The molecule has 0 aliphatic heterocycles. The van der Waals surface area contributed by atoms with Crippen LogP contribution in [0.15, 0.2) is 11.2 Å². The number of hydrogen-bond donors (Lipinski definition) is 2. The lowest BCUT2D eigenvalue weighted by atomic mass is 10.3. The van der Waals surface area contributed by atoms with Crippen LogP contribution in [-0.2, 0) is 10.1 Å². The van der Waals surface area contributed by atoms with E-state index in [1.54, 1.807) is 0 Å². The van der Waals surface area contributed by atoms with E-state index in [2.05, 4.69) is 9.97 Å². The second-order valence-corrected chi connectivity index (χ2v) is 3.75. The fourth-order valence-electron chi connectivity index (χ4n) is 0.793. The van der Waals surface area contributed by atoms with Crippen molar-refractivity contribution >= 4 is 28.5 Å². The highest BCUT2D eigenvalue weighted by atomic mass is 35.5. The molecule has 2 N–H and O–H groups in total. The average molecular weight is 255 g/mol. The van der Waals surface area contributed by atoms with Gasteiger partial charge in [0, 0.05) is 6.20 Å². The first kappa shape index (κ1) is 13.8. The average Bonchev–Trinajstić information content (AvgIpc) is 2.01. The van der Waals surface area contributed by atoms with Gasteiger partial charge in [-0.1, -0.05) is 0 Å². The van der Waals surface area contributed by atoms with Crippen molar-refractivity contribution in [1.29, 1.82) is 0 Å². The van der Waals surface area contributed by atoms with Crippen molar-refractivity contribution in [2.45, 2.75) is 11.9 Å². The number of hydrogen-bond acceptors (Lipinski definition) is 5. The molecule has 15 heavy (non-hydrogen) atoms. The third kappa shape index (κ3) is 3.11. The van der Waals surface area contributed by atoms with Crippen molar-refractivity contribution in [3.05, 3.63) is 17.6 Å². The number of carbonyl (C=O) groups is 1. The van der Waals surface area contributed by atoms with Crippen LogP contribution in [0.5, 0.6) is 0 Å². The molecular formula is C6H7ClN2O5S. The minimum atomic E-state index is -4.63. The lowest BCUT2D eigenvalue weighted by molar-refractivity contribution is 0.0690. The Bertz CT molecular complexity index is 486. The fourth-order valence-corrected chi connectivity index (χ4v) is 1.46. The Balaban J connectivity index is 0.00000196. The zero-order valence-electron chi connectivity index (χ0n) is 7.41. The van der Waals surface area contributed by atoms with E-state index in [4.69, 9.17) is 9.66 Å². The van der Waals surface area contributed by atoms with Gasteiger partial charge in [-0.2, -0.15) is 8.42 Å². The molecule has 0 fully saturated rings. The number of carboxylic acids is 1. The third-order valence-electron chi connectivity index (χ3n) is 1.35. The Morgan fingerprint density at radius 1 is 1.47 bits per heavy atom. The summed E-state index contributed by atoms with van der Waals surface area (Å²) < 4.78 is 30.1. The van der Waals surface area contributed by atoms with Gasteiger partial charge in [0.05, 0.1) is 0 Å². The summed E-state index contributed by atoms with van der Waals surface area (Å²) in [6, 6.07) is 0. The number of rotatable bonds is 2. The maximum atomic E-state index is 10.7. The van der Waals surface area contributed by atoms with Crippen LogP contribution in [0, 0.1) is 6.92 Å². The van der Waals surface area contributed by atoms with E-state index in [0.29, 0.717) is 0 Å². The van der Waals surface area contributed by atoms with E-state index in [0.717, 1.165) is 6.20 Å². The first-order valence-electron chi connectivity index (χ1n) is 3.37. The summed E-state index contributed by atoms with van der Waals surface area (Å²) in [6.07, 6.45) is 0.827. The molecule has 0 aromatic carbocycles. The van der Waals surface area contributed by atoms with Gasteiger partial charge in [0.15, 0.2) is 5.03 Å².